The van der Waals surface area contributed by atoms with Gasteiger partial charge in [-0.1, -0.05) is 29.8 Å². The Morgan fingerprint density at radius 2 is 1.69 bits per heavy atom. The van der Waals surface area contributed by atoms with Crippen LogP contribution in [0.25, 0.3) is 0 Å². The minimum Gasteiger partial charge on any atom is -0.479 e. The van der Waals surface area contributed by atoms with Crippen LogP contribution < -0.4 is 10.1 Å². The maximum absolute atomic E-state index is 13.7. The molecule has 0 aliphatic carbocycles. The molecule has 0 aliphatic heterocycles. The SMILES string of the molecule is Cc1cc(NC(=O)c2ccc(COc3c(F)c(F)c(F)c(F)c3F)o2)nn1Cc1ccccc1Cl. The molecule has 0 aliphatic rings. The Morgan fingerprint density at radius 1 is 1.03 bits per heavy atom. The zero-order chi connectivity index (χ0) is 25.3. The van der Waals surface area contributed by atoms with Crippen molar-refractivity contribution < 1.29 is 35.9 Å². The van der Waals surface area contributed by atoms with Gasteiger partial charge in [-0.3, -0.25) is 9.48 Å². The molecule has 2 aromatic carbocycles. The lowest BCUT2D eigenvalue weighted by atomic mass is 10.2. The molecule has 12 heteroatoms. The molecule has 35 heavy (non-hydrogen) atoms. The molecule has 1 amide bonds. The average Bonchev–Trinajstić information content (AvgIpc) is 3.44. The van der Waals surface area contributed by atoms with Gasteiger partial charge in [-0.15, -0.1) is 0 Å². The molecule has 0 unspecified atom stereocenters. The maximum atomic E-state index is 13.7. The molecule has 2 aromatic heterocycles. The van der Waals surface area contributed by atoms with E-state index >= 15 is 0 Å². The lowest BCUT2D eigenvalue weighted by Crippen LogP contribution is -2.12. The van der Waals surface area contributed by atoms with Crippen LogP contribution in [0.4, 0.5) is 27.8 Å². The van der Waals surface area contributed by atoms with Crippen LogP contribution in [0.5, 0.6) is 5.75 Å². The maximum Gasteiger partial charge on any atom is 0.292 e. The fourth-order valence-corrected chi connectivity index (χ4v) is 3.32. The summed E-state index contributed by atoms with van der Waals surface area (Å²) in [6, 6.07) is 11.4. The molecule has 1 N–H and O–H groups in total. The summed E-state index contributed by atoms with van der Waals surface area (Å²) in [5, 5.41) is 7.43. The predicted molar refractivity (Wildman–Crippen MR) is 115 cm³/mol. The van der Waals surface area contributed by atoms with Crippen LogP contribution in [0.15, 0.2) is 46.9 Å². The summed E-state index contributed by atoms with van der Waals surface area (Å²) in [4.78, 5) is 12.5. The van der Waals surface area contributed by atoms with Crippen molar-refractivity contribution >= 4 is 23.3 Å². The Morgan fingerprint density at radius 3 is 2.37 bits per heavy atom. The molecule has 182 valence electrons. The van der Waals surface area contributed by atoms with Crippen LogP contribution in [-0.2, 0) is 13.2 Å². The second kappa shape index (κ2) is 9.79. The van der Waals surface area contributed by atoms with E-state index in [9.17, 15) is 26.7 Å². The van der Waals surface area contributed by atoms with Gasteiger partial charge in [0, 0.05) is 16.8 Å². The van der Waals surface area contributed by atoms with Crippen LogP contribution in [0.1, 0.15) is 27.6 Å². The number of hydrogen-bond acceptors (Lipinski definition) is 4. The standard InChI is InChI=1S/C23H15ClF5N3O3/c1-11-8-16(31-32(11)9-12-4-2-3-5-14(12)24)30-23(33)15-7-6-13(35-15)10-34-22-20(28)18(26)17(25)19(27)21(22)29/h2-8H,9-10H2,1H3,(H,30,31,33). The lowest BCUT2D eigenvalue weighted by Gasteiger charge is -2.09. The fourth-order valence-electron chi connectivity index (χ4n) is 3.13. The number of aryl methyl sites for hydroxylation is 1. The number of benzene rings is 2. The summed E-state index contributed by atoms with van der Waals surface area (Å²) in [7, 11) is 0. The number of aromatic nitrogens is 2. The molecular formula is C23H15ClF5N3O3. The zero-order valence-electron chi connectivity index (χ0n) is 17.8. The van der Waals surface area contributed by atoms with Crippen LogP contribution in [0.2, 0.25) is 5.02 Å². The van der Waals surface area contributed by atoms with E-state index in [0.717, 1.165) is 11.3 Å². The van der Waals surface area contributed by atoms with Gasteiger partial charge in [0.05, 0.1) is 6.54 Å². The number of nitrogens with one attached hydrogen (secondary N) is 1. The van der Waals surface area contributed by atoms with Gasteiger partial charge in [0.25, 0.3) is 5.91 Å². The van der Waals surface area contributed by atoms with Gasteiger partial charge in [-0.25, -0.2) is 13.2 Å². The summed E-state index contributed by atoms with van der Waals surface area (Å²) in [6.07, 6.45) is 0. The van der Waals surface area contributed by atoms with E-state index in [2.05, 4.69) is 10.4 Å². The van der Waals surface area contributed by atoms with Gasteiger partial charge in [-0.2, -0.15) is 13.9 Å². The first-order valence-electron chi connectivity index (χ1n) is 9.97. The zero-order valence-corrected chi connectivity index (χ0v) is 18.6. The largest absolute Gasteiger partial charge is 0.479 e. The molecule has 0 atom stereocenters. The number of halogens is 6. The number of carbonyl (C=O) groups is 1. The van der Waals surface area contributed by atoms with Gasteiger partial charge in [0.15, 0.2) is 17.3 Å². The van der Waals surface area contributed by atoms with E-state index in [1.807, 2.05) is 12.1 Å². The number of anilines is 1. The van der Waals surface area contributed by atoms with Gasteiger partial charge in [0.2, 0.25) is 29.1 Å². The van der Waals surface area contributed by atoms with Gasteiger partial charge in [0.1, 0.15) is 12.4 Å². The summed E-state index contributed by atoms with van der Waals surface area (Å²) in [5.74, 6) is -13.0. The Hall–Kier alpha value is -3.86. The quantitative estimate of drug-likeness (QED) is 0.187. The topological polar surface area (TPSA) is 69.3 Å². The minimum atomic E-state index is -2.30. The Balaban J connectivity index is 1.42. The molecule has 0 bridgehead atoms. The normalized spacial score (nSPS) is 11.1. The minimum absolute atomic E-state index is 0.0977. The summed E-state index contributed by atoms with van der Waals surface area (Å²) in [5.41, 5.74) is 1.58. The number of amides is 1. The Kier molecular flexibility index (Phi) is 6.79. The van der Waals surface area contributed by atoms with Crippen molar-refractivity contribution in [1.29, 1.82) is 0 Å². The number of ether oxygens (including phenoxy) is 1. The molecule has 0 saturated carbocycles. The van der Waals surface area contributed by atoms with E-state index in [1.165, 1.54) is 12.1 Å². The second-order valence-corrected chi connectivity index (χ2v) is 7.74. The number of carbonyl (C=O) groups excluding carboxylic acids is 1. The van der Waals surface area contributed by atoms with E-state index in [1.54, 1.807) is 29.8 Å². The van der Waals surface area contributed by atoms with Crippen molar-refractivity contribution in [3.8, 4) is 5.75 Å². The number of furan rings is 1. The molecule has 0 spiro atoms. The van der Waals surface area contributed by atoms with E-state index < -0.39 is 47.3 Å². The van der Waals surface area contributed by atoms with Gasteiger partial charge >= 0.3 is 0 Å². The summed E-state index contributed by atoms with van der Waals surface area (Å²) in [6.45, 7) is 1.47. The van der Waals surface area contributed by atoms with Gasteiger partial charge < -0.3 is 14.5 Å². The highest BCUT2D eigenvalue weighted by atomic mass is 35.5. The number of hydrogen-bond donors (Lipinski definition) is 1. The monoisotopic (exact) mass is 511 g/mol. The van der Waals surface area contributed by atoms with Crippen LogP contribution >= 0.6 is 11.6 Å². The third-order valence-electron chi connectivity index (χ3n) is 4.91. The van der Waals surface area contributed by atoms with Crippen molar-refractivity contribution in [3.63, 3.8) is 0 Å². The fraction of sp³-hybridized carbons (Fsp3) is 0.130. The highest BCUT2D eigenvalue weighted by Crippen LogP contribution is 2.30. The van der Waals surface area contributed by atoms with Crippen molar-refractivity contribution in [3.05, 3.63) is 99.4 Å². The Labute approximate surface area is 199 Å². The Bertz CT molecular complexity index is 1390. The molecule has 6 nitrogen and oxygen atoms in total. The third kappa shape index (κ3) is 4.99. The van der Waals surface area contributed by atoms with Gasteiger partial charge in [-0.05, 0) is 30.7 Å². The molecule has 0 fully saturated rings. The van der Waals surface area contributed by atoms with Crippen LogP contribution in [0, 0.1) is 36.0 Å². The third-order valence-corrected chi connectivity index (χ3v) is 5.28. The highest BCUT2D eigenvalue weighted by Gasteiger charge is 2.27. The molecule has 4 aromatic rings. The van der Waals surface area contributed by atoms with Crippen molar-refractivity contribution in [2.75, 3.05) is 5.32 Å². The molecular weight excluding hydrogens is 497 g/mol. The lowest BCUT2D eigenvalue weighted by molar-refractivity contribution is 0.0991. The molecule has 2 heterocycles. The van der Waals surface area contributed by atoms with Crippen molar-refractivity contribution in [1.82, 2.24) is 9.78 Å². The second-order valence-electron chi connectivity index (χ2n) is 7.33. The first-order valence-corrected chi connectivity index (χ1v) is 10.4. The molecule has 0 saturated heterocycles. The number of nitrogens with zero attached hydrogens (tertiary/aromatic N) is 2. The first-order chi connectivity index (χ1) is 16.7. The first kappa shape index (κ1) is 24.3. The van der Waals surface area contributed by atoms with Crippen molar-refractivity contribution in [2.24, 2.45) is 0 Å². The highest BCUT2D eigenvalue weighted by molar-refractivity contribution is 6.31. The smallest absolute Gasteiger partial charge is 0.292 e. The van der Waals surface area contributed by atoms with Crippen LogP contribution in [-0.4, -0.2) is 15.7 Å². The predicted octanol–water partition coefficient (Wildman–Crippen LogP) is 6.01. The summed E-state index contributed by atoms with van der Waals surface area (Å²) >= 11 is 6.18. The van der Waals surface area contributed by atoms with E-state index in [4.69, 9.17) is 20.8 Å². The molecule has 4 rings (SSSR count). The van der Waals surface area contributed by atoms with Crippen LogP contribution in [0.3, 0.4) is 0 Å². The van der Waals surface area contributed by atoms with E-state index in [-0.39, 0.29) is 17.3 Å². The molecule has 0 radical (unpaired) electrons. The number of rotatable bonds is 7. The van der Waals surface area contributed by atoms with Crippen molar-refractivity contribution in [2.45, 2.75) is 20.1 Å². The summed E-state index contributed by atoms with van der Waals surface area (Å²) < 4.78 is 78.8. The van der Waals surface area contributed by atoms with E-state index in [0.29, 0.717) is 11.6 Å². The average molecular weight is 512 g/mol.